The van der Waals surface area contributed by atoms with Gasteiger partial charge >= 0.3 is 5.97 Å². The van der Waals surface area contributed by atoms with Gasteiger partial charge in [0.25, 0.3) is 0 Å². The molecule has 12 rings (SSSR count). The molecule has 14 nitrogen and oxygen atoms in total. The maximum atomic E-state index is 13.4. The monoisotopic (exact) mass is 1070 g/mol. The lowest BCUT2D eigenvalue weighted by atomic mass is 9.80. The highest BCUT2D eigenvalue weighted by atomic mass is 35.5. The number of aromatic nitrogens is 4. The minimum atomic E-state index is -1.42. The molecule has 1 fully saturated rings. The molecule has 0 radical (unpaired) electrons. The average Bonchev–Trinajstić information content (AvgIpc) is 4.37. The SMILES string of the molecule is COc1ccc(C(OC[C@H]2COc3ccc(OCc4ccnc(-c5ccccc5OC)n4)c(c3)C[C@H](C(=O)O)Oc3ncnc4sc(C5CC5)c(c34)-c3ccc(c(Cl)c3C)O2)(c2ccccc2)c2ccc(OC)cc2)cc1. The summed E-state index contributed by atoms with van der Waals surface area (Å²) in [7, 11) is 4.87. The third kappa shape index (κ3) is 10.4. The molecule has 5 heterocycles. The van der Waals surface area contributed by atoms with Gasteiger partial charge in [0.1, 0.15) is 64.5 Å². The standard InChI is InChI=1S/C61H53ClN4O10S/c1-36-47-25-27-51(55(36)62)75-46(34-74-61(39-10-6-5-7-11-39,40-16-20-43(69-2)21-17-40)41-18-22-44(70-3)23-19-41)33-72-45-24-26-49(73-32-42-28-29-63-57(66-42)48-12-8-9-13-50(48)71-4)38(30-45)31-52(60(67)68)76-58-54-53(47)56(37-14-15-37)77-59(54)65-35-64-58/h5-13,16-30,35,37,46,52H,14-15,31-34H2,1-4H3,(H,67,68)/t46-,52-/m1/s1. The van der Waals surface area contributed by atoms with Gasteiger partial charge in [0.2, 0.25) is 12.0 Å². The normalized spacial score (nSPS) is 15.4. The molecule has 77 heavy (non-hydrogen) atoms. The number of halogens is 1. The van der Waals surface area contributed by atoms with E-state index < -0.39 is 23.8 Å². The van der Waals surface area contributed by atoms with E-state index in [1.165, 1.54) is 6.33 Å². The van der Waals surface area contributed by atoms with Gasteiger partial charge in [0, 0.05) is 28.6 Å². The summed E-state index contributed by atoms with van der Waals surface area (Å²) in [4.78, 5) is 33.8. The molecule has 1 N–H and O–H groups in total. The van der Waals surface area contributed by atoms with Gasteiger partial charge in [0.15, 0.2) is 11.9 Å². The molecule has 3 aromatic heterocycles. The van der Waals surface area contributed by atoms with E-state index in [-0.39, 0.29) is 32.1 Å². The number of rotatable bonds is 15. The lowest BCUT2D eigenvalue weighted by Crippen LogP contribution is -2.39. The first-order chi connectivity index (χ1) is 37.6. The molecule has 1 aliphatic carbocycles. The zero-order chi connectivity index (χ0) is 53.0. The summed E-state index contributed by atoms with van der Waals surface area (Å²) in [5.74, 6) is 2.93. The number of carboxylic acids is 1. The van der Waals surface area contributed by atoms with Crippen molar-refractivity contribution in [2.75, 3.05) is 34.5 Å². The number of carbonyl (C=O) groups is 1. The Bertz CT molecular complexity index is 3530. The van der Waals surface area contributed by atoms with Crippen molar-refractivity contribution in [2.45, 2.75) is 56.5 Å². The van der Waals surface area contributed by atoms with Crippen LogP contribution in [-0.4, -0.2) is 77.8 Å². The predicted octanol–water partition coefficient (Wildman–Crippen LogP) is 12.5. The highest BCUT2D eigenvalue weighted by molar-refractivity contribution is 7.19. The Balaban J connectivity index is 1.02. The molecule has 2 atom stereocenters. The van der Waals surface area contributed by atoms with Crippen LogP contribution in [0.4, 0.5) is 0 Å². The molecule has 0 unspecified atom stereocenters. The first-order valence-electron chi connectivity index (χ1n) is 25.1. The van der Waals surface area contributed by atoms with E-state index in [9.17, 15) is 9.90 Å². The van der Waals surface area contributed by atoms with Crippen LogP contribution in [0.3, 0.4) is 0 Å². The van der Waals surface area contributed by atoms with Gasteiger partial charge in [-0.05, 0) is 120 Å². The van der Waals surface area contributed by atoms with Crippen molar-refractivity contribution in [1.82, 2.24) is 19.9 Å². The first-order valence-corrected chi connectivity index (χ1v) is 26.3. The lowest BCUT2D eigenvalue weighted by molar-refractivity contribution is -0.145. The summed E-state index contributed by atoms with van der Waals surface area (Å²) < 4.78 is 50.9. The fourth-order valence-corrected chi connectivity index (χ4v) is 11.3. The molecule has 0 spiro atoms. The minimum absolute atomic E-state index is 0.00939. The second kappa shape index (κ2) is 22.2. The van der Waals surface area contributed by atoms with Crippen LogP contribution in [0.5, 0.6) is 40.4 Å². The smallest absolute Gasteiger partial charge is 0.345 e. The second-order valence-corrected chi connectivity index (χ2v) is 20.1. The van der Waals surface area contributed by atoms with Gasteiger partial charge in [-0.3, -0.25) is 0 Å². The maximum absolute atomic E-state index is 13.4. The molecule has 6 aromatic carbocycles. The summed E-state index contributed by atoms with van der Waals surface area (Å²) >= 11 is 9.00. The largest absolute Gasteiger partial charge is 0.497 e. The van der Waals surface area contributed by atoms with Crippen molar-refractivity contribution in [3.8, 4) is 62.9 Å². The van der Waals surface area contributed by atoms with Gasteiger partial charge in [-0.2, -0.15) is 0 Å². The number of ether oxygens (including phenoxy) is 8. The molecule has 9 aromatic rings. The van der Waals surface area contributed by atoms with Crippen LogP contribution < -0.4 is 33.2 Å². The highest BCUT2D eigenvalue weighted by Crippen LogP contribution is 2.54. The van der Waals surface area contributed by atoms with Crippen LogP contribution >= 0.6 is 22.9 Å². The number of fused-ring (bicyclic) bond motifs is 7. The molecule has 4 bridgehead atoms. The predicted molar refractivity (Wildman–Crippen MR) is 293 cm³/mol. The van der Waals surface area contributed by atoms with Crippen LogP contribution in [0.25, 0.3) is 32.7 Å². The third-order valence-corrected chi connectivity index (χ3v) is 15.6. The van der Waals surface area contributed by atoms with Gasteiger partial charge in [0.05, 0.1) is 49.6 Å². The topological polar surface area (TPSA) is 163 Å². The van der Waals surface area contributed by atoms with Gasteiger partial charge in [-0.25, -0.2) is 24.7 Å². The molecular weight excluding hydrogens is 1020 g/mol. The second-order valence-electron chi connectivity index (χ2n) is 18.7. The summed E-state index contributed by atoms with van der Waals surface area (Å²) in [6.45, 7) is 1.94. The van der Waals surface area contributed by atoms with E-state index in [0.29, 0.717) is 72.7 Å². The van der Waals surface area contributed by atoms with Crippen molar-refractivity contribution >= 4 is 39.1 Å². The Hall–Kier alpha value is -8.24. The van der Waals surface area contributed by atoms with Crippen molar-refractivity contribution in [3.63, 3.8) is 0 Å². The number of para-hydroxylation sites is 1. The van der Waals surface area contributed by atoms with E-state index in [1.807, 2.05) is 122 Å². The first kappa shape index (κ1) is 50.9. The Morgan fingerprint density at radius 3 is 2.18 bits per heavy atom. The van der Waals surface area contributed by atoms with Crippen LogP contribution in [0.2, 0.25) is 5.02 Å². The van der Waals surface area contributed by atoms with Gasteiger partial charge in [-0.1, -0.05) is 84.4 Å². The number of nitrogens with zero attached hydrogens (tertiary/aromatic N) is 4. The Morgan fingerprint density at radius 2 is 1.48 bits per heavy atom. The molecule has 3 aliphatic rings. The number of aliphatic carboxylic acids is 1. The highest BCUT2D eigenvalue weighted by Gasteiger charge is 2.40. The van der Waals surface area contributed by atoms with Gasteiger partial charge in [-0.15, -0.1) is 11.3 Å². The summed E-state index contributed by atoms with van der Waals surface area (Å²) in [6, 6.07) is 44.0. The molecule has 2 aliphatic heterocycles. The minimum Gasteiger partial charge on any atom is -0.497 e. The fourth-order valence-electron chi connectivity index (χ4n) is 9.76. The van der Waals surface area contributed by atoms with Crippen molar-refractivity contribution in [2.24, 2.45) is 0 Å². The van der Waals surface area contributed by atoms with Crippen molar-refractivity contribution in [1.29, 1.82) is 0 Å². The van der Waals surface area contributed by atoms with Crippen molar-refractivity contribution in [3.05, 3.63) is 195 Å². The van der Waals surface area contributed by atoms with E-state index in [1.54, 1.807) is 63.1 Å². The summed E-state index contributed by atoms with van der Waals surface area (Å²) in [5.41, 5.74) is 5.60. The zero-order valence-electron chi connectivity index (χ0n) is 42.6. The third-order valence-electron chi connectivity index (χ3n) is 13.8. The molecular formula is C61H53ClN4O10S. The summed E-state index contributed by atoms with van der Waals surface area (Å²) in [5, 5.41) is 12.0. The van der Waals surface area contributed by atoms with Gasteiger partial charge < -0.3 is 43.0 Å². The van der Waals surface area contributed by atoms with Crippen LogP contribution in [0.15, 0.2) is 152 Å². The summed E-state index contributed by atoms with van der Waals surface area (Å²) in [6.07, 6.45) is 2.73. The van der Waals surface area contributed by atoms with E-state index in [4.69, 9.17) is 59.5 Å². The van der Waals surface area contributed by atoms with E-state index >= 15 is 0 Å². The molecule has 16 heteroatoms. The molecule has 390 valence electrons. The van der Waals surface area contributed by atoms with Crippen LogP contribution in [0.1, 0.15) is 57.1 Å². The molecule has 0 amide bonds. The number of carboxylic acid groups (broad SMARTS) is 1. The fraction of sp³-hybridized carbons (Fsp3) is 0.230. The number of methoxy groups -OCH3 is 3. The maximum Gasteiger partial charge on any atom is 0.345 e. The van der Waals surface area contributed by atoms with Crippen LogP contribution in [0, 0.1) is 6.92 Å². The Kier molecular flexibility index (Phi) is 14.6. The number of hydrogen-bond donors (Lipinski definition) is 1. The van der Waals surface area contributed by atoms with E-state index in [2.05, 4.69) is 9.97 Å². The van der Waals surface area contributed by atoms with Crippen molar-refractivity contribution < 1.29 is 47.8 Å². The number of hydrogen-bond acceptors (Lipinski definition) is 14. The number of thiophene rings is 1. The Labute approximate surface area is 454 Å². The molecule has 0 saturated heterocycles. The average molecular weight is 1070 g/mol. The van der Waals surface area contributed by atoms with Crippen LogP contribution in [-0.2, 0) is 28.2 Å². The molecule has 1 saturated carbocycles. The zero-order valence-corrected chi connectivity index (χ0v) is 44.2. The lowest BCUT2D eigenvalue weighted by Gasteiger charge is -2.37. The van der Waals surface area contributed by atoms with E-state index in [0.717, 1.165) is 56.7 Å². The quantitative estimate of drug-likeness (QED) is 0.0965. The Morgan fingerprint density at radius 1 is 0.766 bits per heavy atom. The number of benzene rings is 6.